The predicted molar refractivity (Wildman–Crippen MR) is 105 cm³/mol. The van der Waals surface area contributed by atoms with Crippen LogP contribution in [-0.2, 0) is 18.3 Å². The maximum absolute atomic E-state index is 12.5. The van der Waals surface area contributed by atoms with Crippen molar-refractivity contribution in [3.63, 3.8) is 0 Å². The van der Waals surface area contributed by atoms with Crippen molar-refractivity contribution >= 4 is 5.91 Å². The number of likely N-dealkylation sites (N-methyl/N-ethyl adjacent to an activating group) is 1. The molecule has 1 unspecified atom stereocenters. The highest BCUT2D eigenvalue weighted by atomic mass is 16.1. The van der Waals surface area contributed by atoms with Crippen molar-refractivity contribution in [3.8, 4) is 0 Å². The third-order valence-corrected chi connectivity index (χ3v) is 5.24. The van der Waals surface area contributed by atoms with Gasteiger partial charge >= 0.3 is 0 Å². The summed E-state index contributed by atoms with van der Waals surface area (Å²) in [6, 6.07) is 12.6. The van der Waals surface area contributed by atoms with Gasteiger partial charge in [-0.05, 0) is 31.7 Å². The molecule has 1 aliphatic rings. The first kappa shape index (κ1) is 18.7. The predicted octanol–water partition coefficient (Wildman–Crippen LogP) is 1.98. The second kappa shape index (κ2) is 8.52. The fourth-order valence-electron chi connectivity index (χ4n) is 3.66. The summed E-state index contributed by atoms with van der Waals surface area (Å²) in [6.45, 7) is 6.89. The first-order valence-corrected chi connectivity index (χ1v) is 9.39. The van der Waals surface area contributed by atoms with Gasteiger partial charge in [-0.1, -0.05) is 29.8 Å². The summed E-state index contributed by atoms with van der Waals surface area (Å²) in [5.74, 6) is 0.0870. The summed E-state index contributed by atoms with van der Waals surface area (Å²) in [7, 11) is 4.24. The molecule has 1 amide bonds. The zero-order chi connectivity index (χ0) is 18.5. The van der Waals surface area contributed by atoms with E-state index in [1.54, 1.807) is 0 Å². The van der Waals surface area contributed by atoms with E-state index in [9.17, 15) is 4.79 Å². The van der Waals surface area contributed by atoms with Gasteiger partial charge in [0.25, 0.3) is 0 Å². The van der Waals surface area contributed by atoms with Crippen LogP contribution in [0.3, 0.4) is 0 Å². The lowest BCUT2D eigenvalue weighted by molar-refractivity contribution is -0.120. The SMILES string of the molecule is Cc1cccc(CC(=O)NCC(c2cccn2C)N2CCN(C)CC2)c1. The molecule has 140 valence electrons. The maximum atomic E-state index is 12.5. The molecule has 0 radical (unpaired) electrons. The van der Waals surface area contributed by atoms with Crippen molar-refractivity contribution in [2.75, 3.05) is 39.8 Å². The van der Waals surface area contributed by atoms with E-state index in [-0.39, 0.29) is 11.9 Å². The van der Waals surface area contributed by atoms with E-state index in [0.29, 0.717) is 13.0 Å². The molecule has 1 saturated heterocycles. The molecule has 2 heterocycles. The van der Waals surface area contributed by atoms with Gasteiger partial charge in [-0.3, -0.25) is 9.69 Å². The second-order valence-electron chi connectivity index (χ2n) is 7.37. The number of carbonyl (C=O) groups excluding carboxylic acids is 1. The molecular formula is C21H30N4O. The monoisotopic (exact) mass is 354 g/mol. The van der Waals surface area contributed by atoms with Crippen LogP contribution in [0.4, 0.5) is 0 Å². The van der Waals surface area contributed by atoms with E-state index in [0.717, 1.165) is 31.7 Å². The minimum atomic E-state index is 0.0870. The highest BCUT2D eigenvalue weighted by Gasteiger charge is 2.25. The van der Waals surface area contributed by atoms with Crippen molar-refractivity contribution in [1.82, 2.24) is 19.7 Å². The summed E-state index contributed by atoms with van der Waals surface area (Å²) in [4.78, 5) is 17.3. The lowest BCUT2D eigenvalue weighted by Crippen LogP contribution is -2.49. The zero-order valence-electron chi connectivity index (χ0n) is 16.1. The number of hydrogen-bond acceptors (Lipinski definition) is 3. The molecule has 1 aliphatic heterocycles. The highest BCUT2D eigenvalue weighted by molar-refractivity contribution is 5.78. The van der Waals surface area contributed by atoms with Gasteiger partial charge in [-0.25, -0.2) is 0 Å². The summed E-state index contributed by atoms with van der Waals surface area (Å²) in [5, 5.41) is 3.17. The van der Waals surface area contributed by atoms with Crippen LogP contribution in [0, 0.1) is 6.92 Å². The van der Waals surface area contributed by atoms with Gasteiger partial charge in [0.15, 0.2) is 0 Å². The Morgan fingerprint density at radius 3 is 2.54 bits per heavy atom. The van der Waals surface area contributed by atoms with Crippen LogP contribution in [0.1, 0.15) is 22.9 Å². The summed E-state index contributed by atoms with van der Waals surface area (Å²) < 4.78 is 2.16. The van der Waals surface area contributed by atoms with Gasteiger partial charge < -0.3 is 14.8 Å². The van der Waals surface area contributed by atoms with Crippen molar-refractivity contribution in [2.45, 2.75) is 19.4 Å². The number of aromatic nitrogens is 1. The van der Waals surface area contributed by atoms with Gasteiger partial charge in [-0.15, -0.1) is 0 Å². The van der Waals surface area contributed by atoms with E-state index >= 15 is 0 Å². The Balaban J connectivity index is 1.64. The fraction of sp³-hybridized carbons (Fsp3) is 0.476. The number of hydrogen-bond donors (Lipinski definition) is 1. The molecule has 1 aromatic heterocycles. The van der Waals surface area contributed by atoms with Crippen LogP contribution in [-0.4, -0.2) is 60.0 Å². The average molecular weight is 354 g/mol. The third kappa shape index (κ3) is 4.74. The van der Waals surface area contributed by atoms with Crippen molar-refractivity contribution < 1.29 is 4.79 Å². The van der Waals surface area contributed by atoms with Crippen LogP contribution < -0.4 is 5.32 Å². The molecular weight excluding hydrogens is 324 g/mol. The number of nitrogens with one attached hydrogen (secondary N) is 1. The van der Waals surface area contributed by atoms with E-state index < -0.39 is 0 Å². The van der Waals surface area contributed by atoms with E-state index in [4.69, 9.17) is 0 Å². The fourth-order valence-corrected chi connectivity index (χ4v) is 3.66. The van der Waals surface area contributed by atoms with E-state index in [1.165, 1.54) is 11.3 Å². The second-order valence-corrected chi connectivity index (χ2v) is 7.37. The van der Waals surface area contributed by atoms with E-state index in [2.05, 4.69) is 71.2 Å². The van der Waals surface area contributed by atoms with E-state index in [1.807, 2.05) is 12.1 Å². The molecule has 3 rings (SSSR count). The summed E-state index contributed by atoms with van der Waals surface area (Å²) in [5.41, 5.74) is 3.51. The molecule has 0 aliphatic carbocycles. The van der Waals surface area contributed by atoms with Crippen LogP contribution >= 0.6 is 0 Å². The van der Waals surface area contributed by atoms with Crippen molar-refractivity contribution in [1.29, 1.82) is 0 Å². The number of rotatable bonds is 6. The molecule has 0 bridgehead atoms. The minimum absolute atomic E-state index is 0.0870. The summed E-state index contributed by atoms with van der Waals surface area (Å²) in [6.07, 6.45) is 2.51. The Kier molecular flexibility index (Phi) is 6.12. The van der Waals surface area contributed by atoms with Crippen LogP contribution in [0.25, 0.3) is 0 Å². The molecule has 0 saturated carbocycles. The van der Waals surface area contributed by atoms with Crippen LogP contribution in [0.15, 0.2) is 42.6 Å². The lowest BCUT2D eigenvalue weighted by atomic mass is 10.1. The molecule has 5 heteroatoms. The first-order chi connectivity index (χ1) is 12.5. The molecule has 1 aromatic carbocycles. The van der Waals surface area contributed by atoms with Gasteiger partial charge in [0.05, 0.1) is 12.5 Å². The number of amides is 1. The number of piperazine rings is 1. The Hall–Kier alpha value is -2.11. The molecule has 1 fully saturated rings. The van der Waals surface area contributed by atoms with Gasteiger partial charge in [-0.2, -0.15) is 0 Å². The Morgan fingerprint density at radius 1 is 1.12 bits per heavy atom. The number of benzene rings is 1. The lowest BCUT2D eigenvalue weighted by Gasteiger charge is -2.38. The highest BCUT2D eigenvalue weighted by Crippen LogP contribution is 2.21. The number of aryl methyl sites for hydroxylation is 2. The summed E-state index contributed by atoms with van der Waals surface area (Å²) >= 11 is 0. The molecule has 0 spiro atoms. The topological polar surface area (TPSA) is 40.5 Å². The molecule has 5 nitrogen and oxygen atoms in total. The quantitative estimate of drug-likeness (QED) is 0.862. The van der Waals surface area contributed by atoms with Crippen molar-refractivity contribution in [2.24, 2.45) is 7.05 Å². The Labute approximate surface area is 156 Å². The largest absolute Gasteiger partial charge is 0.354 e. The molecule has 1 N–H and O–H groups in total. The first-order valence-electron chi connectivity index (χ1n) is 9.39. The average Bonchev–Trinajstić information content (AvgIpc) is 3.02. The minimum Gasteiger partial charge on any atom is -0.354 e. The van der Waals surface area contributed by atoms with Gasteiger partial charge in [0.1, 0.15) is 0 Å². The normalized spacial score (nSPS) is 17.2. The van der Waals surface area contributed by atoms with Gasteiger partial charge in [0.2, 0.25) is 5.91 Å². The number of nitrogens with zero attached hydrogens (tertiary/aromatic N) is 3. The molecule has 2 aromatic rings. The maximum Gasteiger partial charge on any atom is 0.224 e. The zero-order valence-corrected chi connectivity index (χ0v) is 16.1. The Morgan fingerprint density at radius 2 is 1.88 bits per heavy atom. The van der Waals surface area contributed by atoms with Crippen LogP contribution in [0.2, 0.25) is 0 Å². The standard InChI is InChI=1S/C21H30N4O/c1-17-6-4-7-18(14-17)15-21(26)22-16-20(19-8-5-9-24(19)3)25-12-10-23(2)11-13-25/h4-9,14,20H,10-13,15-16H2,1-3H3,(H,22,26). The Bertz CT molecular complexity index is 731. The number of carbonyl (C=O) groups is 1. The van der Waals surface area contributed by atoms with Crippen LogP contribution in [0.5, 0.6) is 0 Å². The van der Waals surface area contributed by atoms with Gasteiger partial charge in [0, 0.05) is 51.7 Å². The van der Waals surface area contributed by atoms with Crippen molar-refractivity contribution in [3.05, 3.63) is 59.4 Å². The molecule has 1 atom stereocenters. The molecule has 26 heavy (non-hydrogen) atoms. The third-order valence-electron chi connectivity index (χ3n) is 5.24. The smallest absolute Gasteiger partial charge is 0.224 e.